The lowest BCUT2D eigenvalue weighted by atomic mass is 9.78. The van der Waals surface area contributed by atoms with Gasteiger partial charge in [0.05, 0.1) is 0 Å². The second kappa shape index (κ2) is 5.82. The molecule has 0 radical (unpaired) electrons. The van der Waals surface area contributed by atoms with Crippen molar-refractivity contribution >= 4 is 0 Å². The Morgan fingerprint density at radius 3 is 2.32 bits per heavy atom. The summed E-state index contributed by atoms with van der Waals surface area (Å²) in [6.45, 7) is 0. The third-order valence-electron chi connectivity index (χ3n) is 3.70. The zero-order valence-electron chi connectivity index (χ0n) is 10.8. The van der Waals surface area contributed by atoms with Crippen LogP contribution in [0.25, 0.3) is 0 Å². The minimum Gasteiger partial charge on any atom is -0.406 e. The standard InChI is InChI=1S/C14H18F3NO/c1-18-13(11-3-2-4-11)9-10-5-7-12(8-6-10)19-14(15,16)17/h5-8,11,13,18H,2-4,9H2,1H3. The molecule has 2 nitrogen and oxygen atoms in total. The Kier molecular flexibility index (Phi) is 4.34. The van der Waals surface area contributed by atoms with Crippen molar-refractivity contribution in [2.45, 2.75) is 38.1 Å². The fourth-order valence-corrected chi connectivity index (χ4v) is 2.43. The number of alkyl halides is 3. The highest BCUT2D eigenvalue weighted by Gasteiger charge is 2.31. The van der Waals surface area contributed by atoms with Gasteiger partial charge >= 0.3 is 6.36 Å². The van der Waals surface area contributed by atoms with Gasteiger partial charge in [-0.05, 0) is 49.9 Å². The van der Waals surface area contributed by atoms with Gasteiger partial charge in [-0.3, -0.25) is 0 Å². The summed E-state index contributed by atoms with van der Waals surface area (Å²) in [6, 6.07) is 6.55. The van der Waals surface area contributed by atoms with Crippen molar-refractivity contribution in [2.24, 2.45) is 5.92 Å². The molecular weight excluding hydrogens is 255 g/mol. The van der Waals surface area contributed by atoms with Gasteiger partial charge in [-0.25, -0.2) is 0 Å². The highest BCUT2D eigenvalue weighted by Crippen LogP contribution is 2.31. The number of hydrogen-bond donors (Lipinski definition) is 1. The molecule has 1 aliphatic carbocycles. The fourth-order valence-electron chi connectivity index (χ4n) is 2.43. The van der Waals surface area contributed by atoms with Crippen LogP contribution in [0.3, 0.4) is 0 Å². The molecule has 1 aromatic carbocycles. The Morgan fingerprint density at radius 1 is 1.26 bits per heavy atom. The van der Waals surface area contributed by atoms with Gasteiger partial charge in [0.2, 0.25) is 0 Å². The maximum absolute atomic E-state index is 12.0. The summed E-state index contributed by atoms with van der Waals surface area (Å²) in [5.41, 5.74) is 1.03. The normalized spacial score (nSPS) is 17.9. The van der Waals surface area contributed by atoms with Crippen molar-refractivity contribution < 1.29 is 17.9 Å². The summed E-state index contributed by atoms with van der Waals surface area (Å²) in [6.07, 6.45) is -0.0306. The van der Waals surface area contributed by atoms with E-state index < -0.39 is 6.36 Å². The molecule has 1 unspecified atom stereocenters. The largest absolute Gasteiger partial charge is 0.573 e. The molecule has 0 bridgehead atoms. The van der Waals surface area contributed by atoms with E-state index in [1.807, 2.05) is 7.05 Å². The van der Waals surface area contributed by atoms with Crippen LogP contribution < -0.4 is 10.1 Å². The molecule has 19 heavy (non-hydrogen) atoms. The number of rotatable bonds is 5. The maximum atomic E-state index is 12.0. The van der Waals surface area contributed by atoms with Crippen molar-refractivity contribution in [2.75, 3.05) is 7.05 Å². The van der Waals surface area contributed by atoms with Gasteiger partial charge in [0.1, 0.15) is 5.75 Å². The molecule has 0 aliphatic heterocycles. The third kappa shape index (κ3) is 4.13. The number of ether oxygens (including phenoxy) is 1. The summed E-state index contributed by atoms with van der Waals surface area (Å²) in [5, 5.41) is 3.29. The molecule has 0 aromatic heterocycles. The molecule has 5 heteroatoms. The second-order valence-corrected chi connectivity index (χ2v) is 4.98. The zero-order chi connectivity index (χ0) is 13.9. The van der Waals surface area contributed by atoms with Crippen LogP contribution >= 0.6 is 0 Å². The monoisotopic (exact) mass is 273 g/mol. The van der Waals surface area contributed by atoms with E-state index >= 15 is 0 Å². The smallest absolute Gasteiger partial charge is 0.406 e. The van der Waals surface area contributed by atoms with Crippen molar-refractivity contribution in [3.05, 3.63) is 29.8 Å². The molecule has 0 saturated heterocycles. The van der Waals surface area contributed by atoms with Gasteiger partial charge < -0.3 is 10.1 Å². The van der Waals surface area contributed by atoms with Crippen LogP contribution in [0.4, 0.5) is 13.2 Å². The second-order valence-electron chi connectivity index (χ2n) is 4.98. The minimum absolute atomic E-state index is 0.166. The van der Waals surface area contributed by atoms with E-state index in [1.54, 1.807) is 12.1 Å². The zero-order valence-corrected chi connectivity index (χ0v) is 10.8. The molecule has 106 valence electrons. The Hall–Kier alpha value is -1.23. The first-order valence-corrected chi connectivity index (χ1v) is 6.50. The maximum Gasteiger partial charge on any atom is 0.573 e. The molecule has 0 spiro atoms. The molecule has 1 aromatic rings. The lowest BCUT2D eigenvalue weighted by Gasteiger charge is -2.33. The molecule has 1 fully saturated rings. The summed E-state index contributed by atoms with van der Waals surface area (Å²) < 4.78 is 40.0. The summed E-state index contributed by atoms with van der Waals surface area (Å²) in [4.78, 5) is 0. The SMILES string of the molecule is CNC(Cc1ccc(OC(F)(F)F)cc1)C1CCC1. The van der Waals surface area contributed by atoms with E-state index in [0.29, 0.717) is 12.0 Å². The number of benzene rings is 1. The van der Waals surface area contributed by atoms with Crippen LogP contribution in [-0.4, -0.2) is 19.5 Å². The number of halogens is 3. The first-order valence-electron chi connectivity index (χ1n) is 6.50. The molecule has 1 saturated carbocycles. The van der Waals surface area contributed by atoms with E-state index in [4.69, 9.17) is 0 Å². The first kappa shape index (κ1) is 14.2. The lowest BCUT2D eigenvalue weighted by Crippen LogP contribution is -2.39. The van der Waals surface area contributed by atoms with Gasteiger partial charge in [-0.15, -0.1) is 13.2 Å². The van der Waals surface area contributed by atoms with Crippen LogP contribution in [-0.2, 0) is 6.42 Å². The number of likely N-dealkylation sites (N-methyl/N-ethyl adjacent to an activating group) is 1. The van der Waals surface area contributed by atoms with E-state index in [0.717, 1.165) is 12.0 Å². The average molecular weight is 273 g/mol. The van der Waals surface area contributed by atoms with Gasteiger partial charge in [-0.1, -0.05) is 18.6 Å². The van der Waals surface area contributed by atoms with Gasteiger partial charge in [0.15, 0.2) is 0 Å². The van der Waals surface area contributed by atoms with E-state index in [1.165, 1.54) is 31.4 Å². The Labute approximate surface area is 111 Å². The molecule has 0 amide bonds. The van der Waals surface area contributed by atoms with E-state index in [-0.39, 0.29) is 5.75 Å². The summed E-state index contributed by atoms with van der Waals surface area (Å²) in [5.74, 6) is 0.525. The quantitative estimate of drug-likeness (QED) is 0.886. The molecule has 0 heterocycles. The van der Waals surface area contributed by atoms with Crippen LogP contribution in [0.1, 0.15) is 24.8 Å². The molecular formula is C14H18F3NO. The molecule has 1 atom stereocenters. The van der Waals surface area contributed by atoms with Crippen molar-refractivity contribution in [1.29, 1.82) is 0 Å². The van der Waals surface area contributed by atoms with Gasteiger partial charge in [0, 0.05) is 6.04 Å². The molecule has 1 N–H and O–H groups in total. The van der Waals surface area contributed by atoms with Crippen LogP contribution in [0, 0.1) is 5.92 Å². The van der Waals surface area contributed by atoms with Crippen molar-refractivity contribution in [3.8, 4) is 5.75 Å². The molecule has 1 aliphatic rings. The van der Waals surface area contributed by atoms with E-state index in [2.05, 4.69) is 10.1 Å². The predicted molar refractivity (Wildman–Crippen MR) is 67.0 cm³/mol. The number of hydrogen-bond acceptors (Lipinski definition) is 2. The fraction of sp³-hybridized carbons (Fsp3) is 0.571. The first-order chi connectivity index (χ1) is 8.98. The van der Waals surface area contributed by atoms with Crippen LogP contribution in [0.2, 0.25) is 0 Å². The third-order valence-corrected chi connectivity index (χ3v) is 3.70. The lowest BCUT2D eigenvalue weighted by molar-refractivity contribution is -0.274. The Bertz CT molecular complexity index is 398. The van der Waals surface area contributed by atoms with Gasteiger partial charge in [-0.2, -0.15) is 0 Å². The Morgan fingerprint density at radius 2 is 1.89 bits per heavy atom. The summed E-state index contributed by atoms with van der Waals surface area (Å²) >= 11 is 0. The minimum atomic E-state index is -4.62. The van der Waals surface area contributed by atoms with Crippen molar-refractivity contribution in [1.82, 2.24) is 5.32 Å². The number of nitrogens with one attached hydrogen (secondary N) is 1. The van der Waals surface area contributed by atoms with Crippen LogP contribution in [0.5, 0.6) is 5.75 Å². The highest BCUT2D eigenvalue weighted by molar-refractivity contribution is 5.28. The van der Waals surface area contributed by atoms with Gasteiger partial charge in [0.25, 0.3) is 0 Å². The van der Waals surface area contributed by atoms with Crippen molar-refractivity contribution in [3.63, 3.8) is 0 Å². The van der Waals surface area contributed by atoms with E-state index in [9.17, 15) is 13.2 Å². The van der Waals surface area contributed by atoms with Crippen LogP contribution in [0.15, 0.2) is 24.3 Å². The predicted octanol–water partition coefficient (Wildman–Crippen LogP) is 3.52. The topological polar surface area (TPSA) is 21.3 Å². The molecule has 2 rings (SSSR count). The Balaban J connectivity index is 1.94. The summed E-state index contributed by atoms with van der Waals surface area (Å²) in [7, 11) is 1.93. The highest BCUT2D eigenvalue weighted by atomic mass is 19.4. The average Bonchev–Trinajstić information content (AvgIpc) is 2.26.